The zero-order valence-corrected chi connectivity index (χ0v) is 18.8. The first-order valence-electron chi connectivity index (χ1n) is 9.97. The second-order valence-electron chi connectivity index (χ2n) is 7.87. The fourth-order valence-corrected chi connectivity index (χ4v) is 4.18. The van der Waals surface area contributed by atoms with Gasteiger partial charge in [-0.3, -0.25) is 9.59 Å². The first-order valence-corrected chi connectivity index (χ1v) is 11.3. The van der Waals surface area contributed by atoms with Crippen molar-refractivity contribution in [2.75, 3.05) is 57.5 Å². The third kappa shape index (κ3) is 6.45. The van der Waals surface area contributed by atoms with Crippen LogP contribution in [0.3, 0.4) is 0 Å². The minimum absolute atomic E-state index is 0.0530. The largest absolute Gasteiger partial charge is 0.354 e. The number of nitrogens with one attached hydrogen (secondary N) is 1. The summed E-state index contributed by atoms with van der Waals surface area (Å²) < 4.78 is 0. The van der Waals surface area contributed by atoms with E-state index in [9.17, 15) is 9.59 Å². The molecule has 0 radical (unpaired) electrons. The van der Waals surface area contributed by atoms with Gasteiger partial charge in [-0.25, -0.2) is 9.97 Å². The van der Waals surface area contributed by atoms with Crippen molar-refractivity contribution >= 4 is 41.0 Å². The average molecular weight is 441 g/mol. The number of thioether (sulfide) groups is 1. The highest BCUT2D eigenvalue weighted by molar-refractivity contribution is 7.99. The lowest BCUT2D eigenvalue weighted by molar-refractivity contribution is -0.135. The molecule has 10 heteroatoms. The molecule has 2 heterocycles. The molecule has 1 atom stereocenters. The number of halogens is 1. The van der Waals surface area contributed by atoms with Gasteiger partial charge < -0.3 is 20.0 Å². The highest BCUT2D eigenvalue weighted by atomic mass is 35.5. The van der Waals surface area contributed by atoms with Crippen molar-refractivity contribution in [3.05, 3.63) is 11.2 Å². The second kappa shape index (κ2) is 9.95. The number of carbonyl (C=O) groups excluding carboxylic acids is 2. The van der Waals surface area contributed by atoms with Crippen LogP contribution in [0.25, 0.3) is 0 Å². The molecule has 160 valence electrons. The van der Waals surface area contributed by atoms with E-state index >= 15 is 0 Å². The monoisotopic (exact) mass is 440 g/mol. The molecular formula is C19H29ClN6O2S. The lowest BCUT2D eigenvalue weighted by Gasteiger charge is -2.40. The van der Waals surface area contributed by atoms with Gasteiger partial charge in [0.15, 0.2) is 5.16 Å². The Labute approximate surface area is 181 Å². The Hall–Kier alpha value is -1.58. The van der Waals surface area contributed by atoms with E-state index in [2.05, 4.69) is 27.1 Å². The summed E-state index contributed by atoms with van der Waals surface area (Å²) in [5, 5.41) is 3.72. The molecule has 0 aromatic carbocycles. The van der Waals surface area contributed by atoms with E-state index in [-0.39, 0.29) is 29.5 Å². The number of hydrogen-bond acceptors (Lipinski definition) is 7. The minimum Gasteiger partial charge on any atom is -0.354 e. The summed E-state index contributed by atoms with van der Waals surface area (Å²) in [5.41, 5.74) is 0. The number of aromatic nitrogens is 2. The third-order valence-electron chi connectivity index (χ3n) is 5.04. The topological polar surface area (TPSA) is 81.7 Å². The van der Waals surface area contributed by atoms with E-state index in [0.29, 0.717) is 36.5 Å². The van der Waals surface area contributed by atoms with E-state index in [1.165, 1.54) is 11.8 Å². The molecule has 2 fully saturated rings. The molecule has 1 aliphatic heterocycles. The molecule has 0 bridgehead atoms. The van der Waals surface area contributed by atoms with Gasteiger partial charge >= 0.3 is 0 Å². The van der Waals surface area contributed by atoms with E-state index < -0.39 is 0 Å². The standard InChI is InChI=1S/C19H29ClN6O2S/c1-13-11-25(8-9-26(13)18(28)14-4-5-14)16-10-15(20)22-19(23-16)29-12-17(27)21-6-7-24(2)3/h10,13-14H,4-9,11-12H2,1-3H3,(H,21,27). The molecule has 1 saturated carbocycles. The molecule has 2 aliphatic rings. The molecular weight excluding hydrogens is 412 g/mol. The van der Waals surface area contributed by atoms with Crippen molar-refractivity contribution in [3.63, 3.8) is 0 Å². The summed E-state index contributed by atoms with van der Waals surface area (Å²) in [6.07, 6.45) is 2.05. The molecule has 1 saturated heterocycles. The van der Waals surface area contributed by atoms with E-state index in [1.54, 1.807) is 6.07 Å². The average Bonchev–Trinajstić information content (AvgIpc) is 3.50. The quantitative estimate of drug-likeness (QED) is 0.371. The number of carbonyl (C=O) groups is 2. The van der Waals surface area contributed by atoms with Crippen molar-refractivity contribution in [2.24, 2.45) is 5.92 Å². The SMILES string of the molecule is CC1CN(c2cc(Cl)nc(SCC(=O)NCCN(C)C)n2)CCN1C(=O)C1CC1. The van der Waals surface area contributed by atoms with Crippen molar-refractivity contribution < 1.29 is 9.59 Å². The summed E-state index contributed by atoms with van der Waals surface area (Å²) in [6.45, 7) is 5.58. The van der Waals surface area contributed by atoms with Crippen molar-refractivity contribution in [1.82, 2.24) is 25.1 Å². The Kier molecular flexibility index (Phi) is 7.59. The Morgan fingerprint density at radius 3 is 2.72 bits per heavy atom. The number of amides is 2. The van der Waals surface area contributed by atoms with Gasteiger partial charge in [-0.2, -0.15) is 0 Å². The fraction of sp³-hybridized carbons (Fsp3) is 0.684. The van der Waals surface area contributed by atoms with E-state index in [4.69, 9.17) is 11.6 Å². The van der Waals surface area contributed by atoms with Crippen molar-refractivity contribution in [2.45, 2.75) is 31.0 Å². The summed E-state index contributed by atoms with van der Waals surface area (Å²) in [5.74, 6) is 1.46. The first kappa shape index (κ1) is 22.1. The van der Waals surface area contributed by atoms with Gasteiger partial charge in [-0.15, -0.1) is 0 Å². The molecule has 1 aromatic heterocycles. The predicted molar refractivity (Wildman–Crippen MR) is 115 cm³/mol. The van der Waals surface area contributed by atoms with Crippen LogP contribution in [-0.2, 0) is 9.59 Å². The number of rotatable bonds is 8. The van der Waals surface area contributed by atoms with Crippen LogP contribution in [0.4, 0.5) is 5.82 Å². The predicted octanol–water partition coefficient (Wildman–Crippen LogP) is 1.35. The Morgan fingerprint density at radius 1 is 1.31 bits per heavy atom. The van der Waals surface area contributed by atoms with Gasteiger partial charge in [0.1, 0.15) is 11.0 Å². The number of piperazine rings is 1. The van der Waals surface area contributed by atoms with Crippen LogP contribution in [0.2, 0.25) is 5.15 Å². The van der Waals surface area contributed by atoms with E-state index in [0.717, 1.165) is 25.2 Å². The first-order chi connectivity index (χ1) is 13.8. The Morgan fingerprint density at radius 2 is 2.07 bits per heavy atom. The van der Waals surface area contributed by atoms with Gasteiger partial charge in [-0.05, 0) is 33.9 Å². The molecule has 1 aromatic rings. The summed E-state index contributed by atoms with van der Waals surface area (Å²) >= 11 is 7.48. The molecule has 29 heavy (non-hydrogen) atoms. The van der Waals surface area contributed by atoms with Crippen LogP contribution in [0.5, 0.6) is 0 Å². The highest BCUT2D eigenvalue weighted by Crippen LogP contribution is 2.32. The highest BCUT2D eigenvalue weighted by Gasteiger charge is 2.37. The summed E-state index contributed by atoms with van der Waals surface area (Å²) in [4.78, 5) is 39.4. The molecule has 3 rings (SSSR count). The third-order valence-corrected chi connectivity index (χ3v) is 6.08. The van der Waals surface area contributed by atoms with Crippen LogP contribution in [0.1, 0.15) is 19.8 Å². The molecule has 1 aliphatic carbocycles. The maximum atomic E-state index is 12.4. The van der Waals surface area contributed by atoms with Crippen LogP contribution >= 0.6 is 23.4 Å². The number of anilines is 1. The summed E-state index contributed by atoms with van der Waals surface area (Å²) in [7, 11) is 3.93. The lowest BCUT2D eigenvalue weighted by atomic mass is 10.1. The van der Waals surface area contributed by atoms with Gasteiger partial charge in [0.05, 0.1) is 5.75 Å². The van der Waals surface area contributed by atoms with Crippen LogP contribution in [0, 0.1) is 5.92 Å². The summed E-state index contributed by atoms with van der Waals surface area (Å²) in [6, 6.07) is 1.87. The normalized spacial score (nSPS) is 19.6. The van der Waals surface area contributed by atoms with Crippen LogP contribution in [-0.4, -0.2) is 90.2 Å². The lowest BCUT2D eigenvalue weighted by Crippen LogP contribution is -2.54. The minimum atomic E-state index is -0.0530. The number of hydrogen-bond donors (Lipinski definition) is 1. The number of likely N-dealkylation sites (N-methyl/N-ethyl adjacent to an activating group) is 1. The smallest absolute Gasteiger partial charge is 0.230 e. The van der Waals surface area contributed by atoms with Gasteiger partial charge in [0.2, 0.25) is 11.8 Å². The zero-order chi connectivity index (χ0) is 21.0. The fourth-order valence-electron chi connectivity index (χ4n) is 3.27. The molecule has 1 N–H and O–H groups in total. The number of nitrogens with zero attached hydrogens (tertiary/aromatic N) is 5. The molecule has 1 unspecified atom stereocenters. The zero-order valence-electron chi connectivity index (χ0n) is 17.2. The molecule has 0 spiro atoms. The van der Waals surface area contributed by atoms with Crippen LogP contribution < -0.4 is 10.2 Å². The molecule has 2 amide bonds. The van der Waals surface area contributed by atoms with Crippen LogP contribution in [0.15, 0.2) is 11.2 Å². The molecule has 8 nitrogen and oxygen atoms in total. The van der Waals surface area contributed by atoms with E-state index in [1.807, 2.05) is 23.9 Å². The maximum absolute atomic E-state index is 12.4. The van der Waals surface area contributed by atoms with Gasteiger partial charge in [0.25, 0.3) is 0 Å². The van der Waals surface area contributed by atoms with Gasteiger partial charge in [-0.1, -0.05) is 23.4 Å². The van der Waals surface area contributed by atoms with Crippen molar-refractivity contribution in [1.29, 1.82) is 0 Å². The maximum Gasteiger partial charge on any atom is 0.230 e. The Bertz CT molecular complexity index is 745. The Balaban J connectivity index is 1.55. The second-order valence-corrected chi connectivity index (χ2v) is 9.20. The van der Waals surface area contributed by atoms with Crippen molar-refractivity contribution in [3.8, 4) is 0 Å². The van der Waals surface area contributed by atoms with Gasteiger partial charge in [0, 0.05) is 50.7 Å².